The molecule has 2 rings (SSSR count). The van der Waals surface area contributed by atoms with Gasteiger partial charge in [0, 0.05) is 18.8 Å². The Hall–Kier alpha value is -2.10. The third kappa shape index (κ3) is 3.15. The number of aromatic hydroxyl groups is 1. The molecule has 2 aromatic rings. The summed E-state index contributed by atoms with van der Waals surface area (Å²) >= 11 is 0. The molecule has 0 aliphatic rings. The van der Waals surface area contributed by atoms with Crippen molar-refractivity contribution in [2.24, 2.45) is 0 Å². The summed E-state index contributed by atoms with van der Waals surface area (Å²) in [4.78, 5) is 23.9. The lowest BCUT2D eigenvalue weighted by atomic mass is 9.89. The van der Waals surface area contributed by atoms with E-state index in [0.29, 0.717) is 23.8 Å². The first-order valence-corrected chi connectivity index (χ1v) is 7.34. The number of carbonyl (C=O) groups is 1. The molecular formula is C17H20O4. The fourth-order valence-corrected chi connectivity index (χ4v) is 2.62. The summed E-state index contributed by atoms with van der Waals surface area (Å²) in [6.45, 7) is 3.79. The van der Waals surface area contributed by atoms with E-state index in [1.165, 1.54) is 0 Å². The maximum atomic E-state index is 12.2. The highest BCUT2D eigenvalue weighted by Crippen LogP contribution is 2.34. The van der Waals surface area contributed by atoms with E-state index < -0.39 is 5.63 Å². The summed E-state index contributed by atoms with van der Waals surface area (Å²) in [7, 11) is 0. The van der Waals surface area contributed by atoms with E-state index >= 15 is 0 Å². The van der Waals surface area contributed by atoms with Crippen molar-refractivity contribution in [1.29, 1.82) is 0 Å². The summed E-state index contributed by atoms with van der Waals surface area (Å²) in [5, 5.41) is 11.0. The molecule has 0 aliphatic heterocycles. The van der Waals surface area contributed by atoms with Crippen LogP contribution in [0.15, 0.2) is 33.5 Å². The zero-order valence-corrected chi connectivity index (χ0v) is 12.4. The molecule has 0 amide bonds. The average Bonchev–Trinajstić information content (AvgIpc) is 2.47. The monoisotopic (exact) mass is 288 g/mol. The molecule has 0 radical (unpaired) electrons. The number of ketones is 1. The van der Waals surface area contributed by atoms with Crippen LogP contribution in [0.1, 0.15) is 51.0 Å². The van der Waals surface area contributed by atoms with Gasteiger partial charge < -0.3 is 9.52 Å². The van der Waals surface area contributed by atoms with E-state index in [2.05, 4.69) is 0 Å². The highest BCUT2D eigenvalue weighted by Gasteiger charge is 2.24. The number of Topliss-reactive ketones (excluding diaryl/α,β-unsaturated/α-hetero) is 1. The van der Waals surface area contributed by atoms with Crippen LogP contribution in [0.2, 0.25) is 0 Å². The van der Waals surface area contributed by atoms with Crippen LogP contribution in [0.4, 0.5) is 0 Å². The molecule has 0 bridgehead atoms. The van der Waals surface area contributed by atoms with Gasteiger partial charge in [-0.3, -0.25) is 4.79 Å². The predicted octanol–water partition coefficient (Wildman–Crippen LogP) is 3.75. The van der Waals surface area contributed by atoms with Crippen LogP contribution in [0, 0.1) is 0 Å². The van der Waals surface area contributed by atoms with E-state index in [1.807, 2.05) is 6.92 Å². The minimum Gasteiger partial charge on any atom is -0.507 e. The molecule has 0 aliphatic carbocycles. The van der Waals surface area contributed by atoms with Gasteiger partial charge in [0.1, 0.15) is 17.1 Å². The van der Waals surface area contributed by atoms with Gasteiger partial charge in [-0.25, -0.2) is 4.79 Å². The third-order valence-electron chi connectivity index (χ3n) is 3.73. The quantitative estimate of drug-likeness (QED) is 0.822. The fourth-order valence-electron chi connectivity index (χ4n) is 2.62. The summed E-state index contributed by atoms with van der Waals surface area (Å²) in [6, 6.07) is 6.88. The molecule has 0 spiro atoms. The van der Waals surface area contributed by atoms with Crippen molar-refractivity contribution in [3.05, 3.63) is 40.2 Å². The molecule has 1 atom stereocenters. The summed E-state index contributed by atoms with van der Waals surface area (Å²) in [5.41, 5.74) is 0.0479. The van der Waals surface area contributed by atoms with Crippen LogP contribution in [-0.2, 0) is 4.79 Å². The van der Waals surface area contributed by atoms with Gasteiger partial charge in [-0.15, -0.1) is 0 Å². The Morgan fingerprint density at radius 1 is 1.29 bits per heavy atom. The lowest BCUT2D eigenvalue weighted by Gasteiger charge is -2.16. The number of fused-ring (bicyclic) bond motifs is 1. The van der Waals surface area contributed by atoms with E-state index in [4.69, 9.17) is 4.42 Å². The van der Waals surface area contributed by atoms with Crippen molar-refractivity contribution >= 4 is 16.8 Å². The number of rotatable bonds is 6. The van der Waals surface area contributed by atoms with Crippen molar-refractivity contribution in [1.82, 2.24) is 0 Å². The summed E-state index contributed by atoms with van der Waals surface area (Å²) in [5.74, 6) is -0.257. The fraction of sp³-hybridized carbons (Fsp3) is 0.412. The van der Waals surface area contributed by atoms with Crippen molar-refractivity contribution in [2.75, 3.05) is 0 Å². The lowest BCUT2D eigenvalue weighted by molar-refractivity contribution is -0.119. The molecule has 1 heterocycles. The first-order valence-electron chi connectivity index (χ1n) is 7.34. The van der Waals surface area contributed by atoms with E-state index in [0.717, 1.165) is 6.42 Å². The van der Waals surface area contributed by atoms with Crippen LogP contribution in [0.3, 0.4) is 0 Å². The van der Waals surface area contributed by atoms with Gasteiger partial charge in [-0.2, -0.15) is 0 Å². The Balaban J connectivity index is 2.56. The average molecular weight is 288 g/mol. The molecular weight excluding hydrogens is 268 g/mol. The topological polar surface area (TPSA) is 67.5 Å². The lowest BCUT2D eigenvalue weighted by Crippen LogP contribution is -2.16. The molecule has 0 saturated carbocycles. The van der Waals surface area contributed by atoms with Crippen molar-refractivity contribution in [3.63, 3.8) is 0 Å². The highest BCUT2D eigenvalue weighted by molar-refractivity contribution is 5.85. The second-order valence-electron chi connectivity index (χ2n) is 5.23. The molecule has 1 aromatic carbocycles. The zero-order chi connectivity index (χ0) is 15.4. The molecule has 4 heteroatoms. The van der Waals surface area contributed by atoms with Crippen LogP contribution in [0.5, 0.6) is 5.75 Å². The van der Waals surface area contributed by atoms with Gasteiger partial charge in [-0.05, 0) is 18.6 Å². The largest absolute Gasteiger partial charge is 0.507 e. The standard InChI is InChI=1S/C17H20O4/c1-3-7-11(10-12(18)4-2)15-16(19)13-8-5-6-9-14(13)21-17(15)20/h5-6,8-9,11,19H,3-4,7,10H2,1-2H3/t11-/m1/s1. The number of hydrogen-bond acceptors (Lipinski definition) is 4. The molecule has 21 heavy (non-hydrogen) atoms. The van der Waals surface area contributed by atoms with Gasteiger partial charge in [0.05, 0.1) is 10.9 Å². The Bertz CT molecular complexity index is 699. The molecule has 112 valence electrons. The second kappa shape index (κ2) is 6.57. The van der Waals surface area contributed by atoms with Crippen molar-refractivity contribution in [2.45, 2.75) is 45.4 Å². The normalized spacial score (nSPS) is 12.5. The minimum atomic E-state index is -0.548. The Morgan fingerprint density at radius 3 is 2.67 bits per heavy atom. The van der Waals surface area contributed by atoms with Gasteiger partial charge in [0.25, 0.3) is 0 Å². The number of carbonyl (C=O) groups excluding carboxylic acids is 1. The van der Waals surface area contributed by atoms with Gasteiger partial charge in [-0.1, -0.05) is 32.4 Å². The molecule has 4 nitrogen and oxygen atoms in total. The molecule has 1 N–H and O–H groups in total. The van der Waals surface area contributed by atoms with Crippen LogP contribution < -0.4 is 5.63 Å². The molecule has 1 aromatic heterocycles. The summed E-state index contributed by atoms with van der Waals surface area (Å²) < 4.78 is 5.29. The van der Waals surface area contributed by atoms with Gasteiger partial charge >= 0.3 is 5.63 Å². The van der Waals surface area contributed by atoms with Gasteiger partial charge in [0.2, 0.25) is 0 Å². The highest BCUT2D eigenvalue weighted by atomic mass is 16.4. The SMILES string of the molecule is CCC[C@H](CC(=O)CC)c1c(O)c2ccccc2oc1=O. The number of hydrogen-bond donors (Lipinski definition) is 1. The van der Waals surface area contributed by atoms with E-state index in [9.17, 15) is 14.7 Å². The maximum Gasteiger partial charge on any atom is 0.343 e. The summed E-state index contributed by atoms with van der Waals surface area (Å²) in [6.07, 6.45) is 2.19. The van der Waals surface area contributed by atoms with E-state index in [1.54, 1.807) is 31.2 Å². The molecule has 0 fully saturated rings. The maximum absolute atomic E-state index is 12.2. The molecule has 0 unspecified atom stereocenters. The van der Waals surface area contributed by atoms with E-state index in [-0.39, 0.29) is 29.4 Å². The predicted molar refractivity (Wildman–Crippen MR) is 81.7 cm³/mol. The number of para-hydroxylation sites is 1. The van der Waals surface area contributed by atoms with Crippen molar-refractivity contribution in [3.8, 4) is 5.75 Å². The molecule has 0 saturated heterocycles. The second-order valence-corrected chi connectivity index (χ2v) is 5.23. The van der Waals surface area contributed by atoms with Gasteiger partial charge in [0.15, 0.2) is 0 Å². The van der Waals surface area contributed by atoms with Crippen molar-refractivity contribution < 1.29 is 14.3 Å². The number of benzene rings is 1. The Labute approximate surface area is 123 Å². The Morgan fingerprint density at radius 2 is 2.00 bits per heavy atom. The van der Waals surface area contributed by atoms with Crippen LogP contribution in [0.25, 0.3) is 11.0 Å². The first kappa shape index (κ1) is 15.3. The first-order chi connectivity index (χ1) is 10.1. The smallest absolute Gasteiger partial charge is 0.343 e. The van der Waals surface area contributed by atoms with Crippen LogP contribution in [-0.4, -0.2) is 10.9 Å². The van der Waals surface area contributed by atoms with Crippen LogP contribution >= 0.6 is 0 Å². The zero-order valence-electron chi connectivity index (χ0n) is 12.4. The minimum absolute atomic E-state index is 0.0517. The third-order valence-corrected chi connectivity index (χ3v) is 3.73. The Kier molecular flexibility index (Phi) is 4.78.